The molecule has 0 radical (unpaired) electrons. The first-order chi connectivity index (χ1) is 10.3. The number of nitrogens with one attached hydrogen (secondary N) is 2. The lowest BCUT2D eigenvalue weighted by Crippen LogP contribution is -2.51. The normalized spacial score (nSPS) is 26.7. The Balaban J connectivity index is 1.49. The second-order valence-electron chi connectivity index (χ2n) is 6.22. The average Bonchev–Trinajstić information content (AvgIpc) is 3.03. The van der Waals surface area contributed by atoms with Crippen LogP contribution < -0.4 is 10.6 Å². The molecule has 0 spiro atoms. The number of hydrogen-bond donors (Lipinski definition) is 2. The van der Waals surface area contributed by atoms with Crippen LogP contribution in [0.1, 0.15) is 31.2 Å². The molecule has 114 valence electrons. The summed E-state index contributed by atoms with van der Waals surface area (Å²) in [5, 5.41) is 6.50. The molecule has 3 rings (SSSR count). The Kier molecular flexibility index (Phi) is 4.88. The number of hydrogen-bond acceptors (Lipinski definition) is 3. The predicted molar refractivity (Wildman–Crippen MR) is 83.9 cm³/mol. The van der Waals surface area contributed by atoms with Gasteiger partial charge in [-0.1, -0.05) is 30.3 Å². The van der Waals surface area contributed by atoms with Gasteiger partial charge in [0.1, 0.15) is 0 Å². The fourth-order valence-corrected chi connectivity index (χ4v) is 3.37. The molecular formula is C17H25N3O. The van der Waals surface area contributed by atoms with Gasteiger partial charge < -0.3 is 10.6 Å². The minimum Gasteiger partial charge on any atom is -0.351 e. The second kappa shape index (κ2) is 7.05. The third kappa shape index (κ3) is 4.05. The lowest BCUT2D eigenvalue weighted by Gasteiger charge is -2.33. The van der Waals surface area contributed by atoms with Gasteiger partial charge in [-0.25, -0.2) is 0 Å². The number of carbonyl (C=O) groups excluding carboxylic acids is 1. The van der Waals surface area contributed by atoms with Gasteiger partial charge in [0.25, 0.3) is 0 Å². The summed E-state index contributed by atoms with van der Waals surface area (Å²) in [5.74, 6) is 0.194. The number of rotatable bonds is 4. The summed E-state index contributed by atoms with van der Waals surface area (Å²) in [6.45, 7) is 4.05. The monoisotopic (exact) mass is 287 g/mol. The number of benzene rings is 1. The summed E-state index contributed by atoms with van der Waals surface area (Å²) in [5.41, 5.74) is 1.35. The van der Waals surface area contributed by atoms with E-state index in [-0.39, 0.29) is 11.9 Å². The molecule has 2 heterocycles. The van der Waals surface area contributed by atoms with Crippen LogP contribution in [-0.4, -0.2) is 42.5 Å². The van der Waals surface area contributed by atoms with Crippen LogP contribution in [-0.2, 0) is 11.3 Å². The average molecular weight is 287 g/mol. The van der Waals surface area contributed by atoms with Crippen molar-refractivity contribution in [2.45, 2.75) is 44.3 Å². The van der Waals surface area contributed by atoms with Crippen LogP contribution in [0.4, 0.5) is 0 Å². The van der Waals surface area contributed by atoms with Crippen molar-refractivity contribution in [1.29, 1.82) is 0 Å². The molecule has 21 heavy (non-hydrogen) atoms. The number of piperidine rings is 1. The smallest absolute Gasteiger partial charge is 0.237 e. The Morgan fingerprint density at radius 1 is 1.24 bits per heavy atom. The van der Waals surface area contributed by atoms with E-state index >= 15 is 0 Å². The zero-order valence-electron chi connectivity index (χ0n) is 12.6. The number of amides is 1. The second-order valence-corrected chi connectivity index (χ2v) is 6.22. The van der Waals surface area contributed by atoms with Gasteiger partial charge >= 0.3 is 0 Å². The van der Waals surface area contributed by atoms with Crippen LogP contribution in [0.5, 0.6) is 0 Å². The van der Waals surface area contributed by atoms with Crippen molar-refractivity contribution in [3.63, 3.8) is 0 Å². The largest absolute Gasteiger partial charge is 0.351 e. The maximum absolute atomic E-state index is 12.2. The maximum Gasteiger partial charge on any atom is 0.237 e. The summed E-state index contributed by atoms with van der Waals surface area (Å²) in [7, 11) is 0. The first kappa shape index (κ1) is 14.5. The van der Waals surface area contributed by atoms with E-state index in [2.05, 4.69) is 45.9 Å². The van der Waals surface area contributed by atoms with E-state index in [1.165, 1.54) is 5.56 Å². The highest BCUT2D eigenvalue weighted by Crippen LogP contribution is 2.14. The number of likely N-dealkylation sites (tertiary alicyclic amines) is 1. The minimum atomic E-state index is 0.0366. The Bertz CT molecular complexity index is 456. The lowest BCUT2D eigenvalue weighted by atomic mass is 10.0. The van der Waals surface area contributed by atoms with Crippen molar-refractivity contribution >= 4 is 5.91 Å². The summed E-state index contributed by atoms with van der Waals surface area (Å²) in [6, 6.07) is 10.9. The summed E-state index contributed by atoms with van der Waals surface area (Å²) in [4.78, 5) is 14.6. The van der Waals surface area contributed by atoms with Crippen LogP contribution in [0.25, 0.3) is 0 Å². The van der Waals surface area contributed by atoms with Gasteiger partial charge in [-0.15, -0.1) is 0 Å². The van der Waals surface area contributed by atoms with E-state index in [0.717, 1.165) is 51.9 Å². The molecule has 4 nitrogen and oxygen atoms in total. The highest BCUT2D eigenvalue weighted by Gasteiger charge is 2.26. The molecule has 4 heteroatoms. The molecule has 1 amide bonds. The molecule has 2 N–H and O–H groups in total. The third-order valence-electron chi connectivity index (χ3n) is 4.48. The molecule has 2 saturated heterocycles. The van der Waals surface area contributed by atoms with Crippen molar-refractivity contribution in [3.05, 3.63) is 35.9 Å². The molecule has 0 aromatic heterocycles. The zero-order chi connectivity index (χ0) is 14.5. The molecule has 0 aliphatic carbocycles. The minimum absolute atomic E-state index is 0.0366. The summed E-state index contributed by atoms with van der Waals surface area (Å²) >= 11 is 0. The lowest BCUT2D eigenvalue weighted by molar-refractivity contribution is -0.123. The van der Waals surface area contributed by atoms with E-state index in [9.17, 15) is 4.79 Å². The van der Waals surface area contributed by atoms with Crippen molar-refractivity contribution in [2.75, 3.05) is 19.6 Å². The van der Waals surface area contributed by atoms with Gasteiger partial charge in [-0.05, 0) is 44.3 Å². The first-order valence-corrected chi connectivity index (χ1v) is 8.11. The SMILES string of the molecule is O=C(NC1CCCN(Cc2ccccc2)C1)[C@H]1CCCN1. The first-order valence-electron chi connectivity index (χ1n) is 8.11. The van der Waals surface area contributed by atoms with Crippen molar-refractivity contribution in [1.82, 2.24) is 15.5 Å². The van der Waals surface area contributed by atoms with E-state index < -0.39 is 0 Å². The van der Waals surface area contributed by atoms with E-state index in [1.807, 2.05) is 0 Å². The molecule has 2 fully saturated rings. The molecule has 0 bridgehead atoms. The highest BCUT2D eigenvalue weighted by atomic mass is 16.2. The van der Waals surface area contributed by atoms with Gasteiger partial charge in [0.2, 0.25) is 5.91 Å². The Labute approximate surface area is 126 Å². The van der Waals surface area contributed by atoms with Crippen molar-refractivity contribution in [2.24, 2.45) is 0 Å². The van der Waals surface area contributed by atoms with Gasteiger partial charge in [-0.2, -0.15) is 0 Å². The summed E-state index contributed by atoms with van der Waals surface area (Å²) in [6.07, 6.45) is 4.36. The molecule has 1 unspecified atom stereocenters. The van der Waals surface area contributed by atoms with E-state index in [1.54, 1.807) is 0 Å². The fraction of sp³-hybridized carbons (Fsp3) is 0.588. The van der Waals surface area contributed by atoms with Gasteiger partial charge in [0.15, 0.2) is 0 Å². The fourth-order valence-electron chi connectivity index (χ4n) is 3.37. The number of carbonyl (C=O) groups is 1. The molecule has 2 aliphatic rings. The number of nitrogens with zero attached hydrogens (tertiary/aromatic N) is 1. The van der Waals surface area contributed by atoms with Crippen LogP contribution in [0.15, 0.2) is 30.3 Å². The molecule has 2 atom stereocenters. The van der Waals surface area contributed by atoms with Crippen molar-refractivity contribution in [3.8, 4) is 0 Å². The maximum atomic E-state index is 12.2. The molecule has 2 aliphatic heterocycles. The molecule has 0 saturated carbocycles. The Morgan fingerprint density at radius 3 is 2.86 bits per heavy atom. The van der Waals surface area contributed by atoms with Crippen LogP contribution in [0.2, 0.25) is 0 Å². The molecule has 1 aromatic rings. The van der Waals surface area contributed by atoms with Crippen LogP contribution in [0, 0.1) is 0 Å². The quantitative estimate of drug-likeness (QED) is 0.882. The van der Waals surface area contributed by atoms with E-state index in [4.69, 9.17) is 0 Å². The van der Waals surface area contributed by atoms with E-state index in [0.29, 0.717) is 6.04 Å². The molecule has 1 aromatic carbocycles. The third-order valence-corrected chi connectivity index (χ3v) is 4.48. The van der Waals surface area contributed by atoms with Gasteiger partial charge in [-0.3, -0.25) is 9.69 Å². The Hall–Kier alpha value is -1.39. The topological polar surface area (TPSA) is 44.4 Å². The van der Waals surface area contributed by atoms with Crippen LogP contribution >= 0.6 is 0 Å². The van der Waals surface area contributed by atoms with Crippen molar-refractivity contribution < 1.29 is 4.79 Å². The summed E-state index contributed by atoms with van der Waals surface area (Å²) < 4.78 is 0. The highest BCUT2D eigenvalue weighted by molar-refractivity contribution is 5.82. The van der Waals surface area contributed by atoms with Gasteiger partial charge in [0, 0.05) is 19.1 Å². The predicted octanol–water partition coefficient (Wildman–Crippen LogP) is 1.52. The Morgan fingerprint density at radius 2 is 2.10 bits per heavy atom. The van der Waals surface area contributed by atoms with Crippen LogP contribution in [0.3, 0.4) is 0 Å². The molecular weight excluding hydrogens is 262 g/mol. The zero-order valence-corrected chi connectivity index (χ0v) is 12.6. The van der Waals surface area contributed by atoms with Gasteiger partial charge in [0.05, 0.1) is 6.04 Å². The standard InChI is InChI=1S/C17H25N3O/c21-17(16-9-4-10-18-16)19-15-8-5-11-20(13-15)12-14-6-2-1-3-7-14/h1-3,6-7,15-16,18H,4-5,8-13H2,(H,19,21)/t15?,16-/m1/s1.